The van der Waals surface area contributed by atoms with Gasteiger partial charge in [0.1, 0.15) is 6.67 Å². The quantitative estimate of drug-likeness (QED) is 0.409. The molecule has 198 valence electrons. The van der Waals surface area contributed by atoms with E-state index in [1.54, 1.807) is 11.0 Å². The maximum atomic E-state index is 15.1. The van der Waals surface area contributed by atoms with Crippen molar-refractivity contribution in [3.63, 3.8) is 0 Å². The fourth-order valence-corrected chi connectivity index (χ4v) is 7.43. The van der Waals surface area contributed by atoms with Crippen LogP contribution in [0.3, 0.4) is 0 Å². The predicted octanol–water partition coefficient (Wildman–Crippen LogP) is 5.11. The molecule has 6 rings (SSSR count). The van der Waals surface area contributed by atoms with Crippen LogP contribution >= 0.6 is 23.5 Å². The van der Waals surface area contributed by atoms with Crippen molar-refractivity contribution in [3.8, 4) is 5.75 Å². The highest BCUT2D eigenvalue weighted by Crippen LogP contribution is 2.44. The van der Waals surface area contributed by atoms with E-state index in [2.05, 4.69) is 0 Å². The summed E-state index contributed by atoms with van der Waals surface area (Å²) in [5.74, 6) is 0.286. The van der Waals surface area contributed by atoms with Gasteiger partial charge in [-0.1, -0.05) is 24.3 Å². The highest BCUT2D eigenvalue weighted by Gasteiger charge is 2.39. The van der Waals surface area contributed by atoms with Gasteiger partial charge in [0.2, 0.25) is 5.43 Å². The minimum Gasteiger partial charge on any atom is -0.502 e. The summed E-state index contributed by atoms with van der Waals surface area (Å²) in [7, 11) is 0. The Labute approximate surface area is 227 Å². The number of pyridine rings is 1. The number of carbonyl (C=O) groups is 1. The molecule has 0 unspecified atom stereocenters. The number of benzene rings is 2. The van der Waals surface area contributed by atoms with Crippen LogP contribution in [0.1, 0.15) is 52.5 Å². The van der Waals surface area contributed by atoms with E-state index in [1.165, 1.54) is 41.5 Å². The van der Waals surface area contributed by atoms with Crippen LogP contribution in [0.5, 0.6) is 5.75 Å². The van der Waals surface area contributed by atoms with Crippen LogP contribution in [-0.2, 0) is 5.75 Å². The molecule has 2 aliphatic heterocycles. The van der Waals surface area contributed by atoms with Gasteiger partial charge in [0.25, 0.3) is 5.91 Å². The van der Waals surface area contributed by atoms with Gasteiger partial charge in [0.15, 0.2) is 23.1 Å². The van der Waals surface area contributed by atoms with Crippen molar-refractivity contribution in [1.29, 1.82) is 0 Å². The lowest BCUT2D eigenvalue weighted by molar-refractivity contribution is 0.0680. The fourth-order valence-electron chi connectivity index (χ4n) is 5.14. The molecule has 3 aromatic rings. The zero-order chi connectivity index (χ0) is 26.4. The molecule has 1 atom stereocenters. The molecule has 0 spiro atoms. The summed E-state index contributed by atoms with van der Waals surface area (Å²) in [5.41, 5.74) is 0.966. The molecule has 3 heterocycles. The molecular weight excluding hydrogens is 528 g/mol. The standard InChI is InChI=1S/C28H27F2N3O3S2/c29-21-9-8-18-20(24(21)30)15-38-23-5-2-1-4-19(23)25(18)33-16-31(11-3-13-37-14-17-6-7-17)28(36)26-27(35)22(34)10-12-32(26)33/h1-2,4-5,8-10,12,17,25,35H,3,6-7,11,13-16H2/t25-/m0/s1. The molecule has 1 aromatic heterocycles. The molecule has 0 radical (unpaired) electrons. The number of hydrogen-bond acceptors (Lipinski definition) is 6. The van der Waals surface area contributed by atoms with Crippen molar-refractivity contribution in [1.82, 2.24) is 9.58 Å². The van der Waals surface area contributed by atoms with E-state index >= 15 is 4.39 Å². The van der Waals surface area contributed by atoms with Gasteiger partial charge in [-0.25, -0.2) is 8.78 Å². The van der Waals surface area contributed by atoms with Gasteiger partial charge in [-0.2, -0.15) is 11.8 Å². The monoisotopic (exact) mass is 555 g/mol. The third kappa shape index (κ3) is 4.58. The Balaban J connectivity index is 1.43. The Bertz CT molecular complexity index is 1460. The van der Waals surface area contributed by atoms with Crippen molar-refractivity contribution in [2.75, 3.05) is 29.7 Å². The average molecular weight is 556 g/mol. The van der Waals surface area contributed by atoms with Crippen LogP contribution in [0.4, 0.5) is 8.78 Å². The van der Waals surface area contributed by atoms with Crippen LogP contribution < -0.4 is 10.4 Å². The Morgan fingerprint density at radius 3 is 2.68 bits per heavy atom. The van der Waals surface area contributed by atoms with Crippen molar-refractivity contribution in [2.24, 2.45) is 5.92 Å². The number of amides is 1. The zero-order valence-corrected chi connectivity index (χ0v) is 22.2. The van der Waals surface area contributed by atoms with Crippen LogP contribution in [-0.4, -0.2) is 45.3 Å². The fraction of sp³-hybridized carbons (Fsp3) is 0.357. The summed E-state index contributed by atoms with van der Waals surface area (Å²) in [6, 6.07) is 11.0. The van der Waals surface area contributed by atoms with Gasteiger partial charge in [0.05, 0.1) is 6.04 Å². The number of aromatic hydroxyl groups is 1. The minimum absolute atomic E-state index is 0.118. The second-order valence-electron chi connectivity index (χ2n) is 9.90. The van der Waals surface area contributed by atoms with E-state index in [0.29, 0.717) is 12.1 Å². The minimum atomic E-state index is -0.908. The molecule has 1 saturated carbocycles. The second kappa shape index (κ2) is 10.3. The molecule has 38 heavy (non-hydrogen) atoms. The molecule has 1 amide bonds. The van der Waals surface area contributed by atoms with Gasteiger partial charge in [-0.15, -0.1) is 11.8 Å². The van der Waals surface area contributed by atoms with Crippen molar-refractivity contribution in [2.45, 2.75) is 36.0 Å². The summed E-state index contributed by atoms with van der Waals surface area (Å²) in [4.78, 5) is 28.4. The van der Waals surface area contributed by atoms with Gasteiger partial charge in [0, 0.05) is 35.0 Å². The first-order valence-corrected chi connectivity index (χ1v) is 14.8. The molecule has 0 saturated heterocycles. The Hall–Kier alpha value is -2.98. The number of thioether (sulfide) groups is 2. The maximum Gasteiger partial charge on any atom is 0.277 e. The van der Waals surface area contributed by atoms with Crippen LogP contribution in [0.2, 0.25) is 0 Å². The Morgan fingerprint density at radius 2 is 1.87 bits per heavy atom. The van der Waals surface area contributed by atoms with Gasteiger partial charge in [-0.3, -0.25) is 19.3 Å². The van der Waals surface area contributed by atoms with Crippen LogP contribution in [0, 0.1) is 17.6 Å². The molecule has 1 fully saturated rings. The summed E-state index contributed by atoms with van der Waals surface area (Å²) in [6.45, 7) is 0.604. The third-order valence-corrected chi connectivity index (χ3v) is 9.71. The zero-order valence-electron chi connectivity index (χ0n) is 20.6. The highest BCUT2D eigenvalue weighted by molar-refractivity contribution is 7.99. The van der Waals surface area contributed by atoms with Crippen molar-refractivity contribution >= 4 is 29.4 Å². The van der Waals surface area contributed by atoms with Crippen molar-refractivity contribution in [3.05, 3.63) is 92.9 Å². The average Bonchev–Trinajstić information content (AvgIpc) is 3.75. The molecule has 0 bridgehead atoms. The molecule has 1 aliphatic carbocycles. The number of aromatic nitrogens is 1. The maximum absolute atomic E-state index is 15.1. The van der Waals surface area contributed by atoms with Crippen LogP contribution in [0.25, 0.3) is 0 Å². The number of hydrogen-bond donors (Lipinski definition) is 1. The van der Waals surface area contributed by atoms with E-state index in [9.17, 15) is 19.1 Å². The number of carbonyl (C=O) groups excluding carboxylic acids is 1. The SMILES string of the molecule is O=C1c2c(O)c(=O)ccn2N([C@@H]2c3ccccc3SCc3c2ccc(F)c3F)CN1CCCSCC1CC1. The smallest absolute Gasteiger partial charge is 0.277 e. The predicted molar refractivity (Wildman–Crippen MR) is 145 cm³/mol. The molecule has 3 aliphatic rings. The van der Waals surface area contributed by atoms with Crippen LogP contribution in [0.15, 0.2) is 58.4 Å². The summed E-state index contributed by atoms with van der Waals surface area (Å²) in [5, 5.41) is 12.6. The normalized spacial score (nSPS) is 18.6. The Morgan fingerprint density at radius 1 is 1.05 bits per heavy atom. The first kappa shape index (κ1) is 25.3. The summed E-state index contributed by atoms with van der Waals surface area (Å²) in [6.07, 6.45) is 4.83. The number of halogens is 2. The number of fused-ring (bicyclic) bond motifs is 3. The molecule has 2 aromatic carbocycles. The largest absolute Gasteiger partial charge is 0.502 e. The summed E-state index contributed by atoms with van der Waals surface area (Å²) >= 11 is 3.32. The van der Waals surface area contributed by atoms with Gasteiger partial charge >= 0.3 is 0 Å². The van der Waals surface area contributed by atoms with E-state index in [0.717, 1.165) is 40.4 Å². The van der Waals surface area contributed by atoms with E-state index in [1.807, 2.05) is 41.0 Å². The third-order valence-electron chi connectivity index (χ3n) is 7.31. The first-order valence-electron chi connectivity index (χ1n) is 12.7. The molecule has 1 N–H and O–H groups in total. The molecule has 10 heteroatoms. The lowest BCUT2D eigenvalue weighted by atomic mass is 9.94. The molecule has 6 nitrogen and oxygen atoms in total. The highest BCUT2D eigenvalue weighted by atomic mass is 32.2. The lowest BCUT2D eigenvalue weighted by Gasteiger charge is -2.44. The van der Waals surface area contributed by atoms with Crippen molar-refractivity contribution < 1.29 is 18.7 Å². The molecular formula is C28H27F2N3O3S2. The van der Waals surface area contributed by atoms with E-state index in [-0.39, 0.29) is 23.7 Å². The number of nitrogens with zero attached hydrogens (tertiary/aromatic N) is 3. The number of rotatable bonds is 7. The van der Waals surface area contributed by atoms with E-state index in [4.69, 9.17) is 0 Å². The summed E-state index contributed by atoms with van der Waals surface area (Å²) < 4.78 is 30.9. The van der Waals surface area contributed by atoms with Gasteiger partial charge in [-0.05, 0) is 59.9 Å². The van der Waals surface area contributed by atoms with Gasteiger partial charge < -0.3 is 10.0 Å². The first-order chi connectivity index (χ1) is 18.4. The van der Waals surface area contributed by atoms with E-state index < -0.39 is 34.8 Å². The topological polar surface area (TPSA) is 65.8 Å². The second-order valence-corrected chi connectivity index (χ2v) is 12.1. The lowest BCUT2D eigenvalue weighted by Crippen LogP contribution is -2.55. The Kier molecular flexibility index (Phi) is 6.86.